The van der Waals surface area contributed by atoms with Gasteiger partial charge in [-0.2, -0.15) is 5.26 Å². The van der Waals surface area contributed by atoms with Crippen LogP contribution in [0.15, 0.2) is 30.5 Å². The van der Waals surface area contributed by atoms with E-state index in [1.54, 1.807) is 18.3 Å². The molecule has 0 saturated heterocycles. The minimum Gasteiger partial charge on any atom is -0.325 e. The van der Waals surface area contributed by atoms with Crippen LogP contribution in [0.4, 0.5) is 11.6 Å². The first kappa shape index (κ1) is 11.4. The summed E-state index contributed by atoms with van der Waals surface area (Å²) >= 11 is 0. The lowest BCUT2D eigenvalue weighted by atomic mass is 10.1. The van der Waals surface area contributed by atoms with Crippen molar-refractivity contribution in [3.8, 4) is 6.07 Å². The fourth-order valence-electron chi connectivity index (χ4n) is 2.02. The van der Waals surface area contributed by atoms with Gasteiger partial charge in [-0.1, -0.05) is 12.2 Å². The zero-order chi connectivity index (χ0) is 13.1. The van der Waals surface area contributed by atoms with Crippen molar-refractivity contribution in [2.45, 2.75) is 12.8 Å². The summed E-state index contributed by atoms with van der Waals surface area (Å²) in [5.41, 5.74) is 0.548. The van der Waals surface area contributed by atoms with Crippen molar-refractivity contribution in [3.05, 3.63) is 46.6 Å². The summed E-state index contributed by atoms with van der Waals surface area (Å²) in [4.78, 5) is 8.71. The van der Waals surface area contributed by atoms with Crippen LogP contribution in [0.25, 0.3) is 12.2 Å². The summed E-state index contributed by atoms with van der Waals surface area (Å²) in [6.45, 7) is 0. The molecule has 4 nitrogen and oxygen atoms in total. The minimum atomic E-state index is 0. The molecule has 1 aliphatic carbocycles. The second kappa shape index (κ2) is 4.91. The van der Waals surface area contributed by atoms with Gasteiger partial charge in [0.2, 0.25) is 0 Å². The normalized spacial score (nSPS) is 12.6. The van der Waals surface area contributed by atoms with Crippen molar-refractivity contribution in [1.29, 1.82) is 5.26 Å². The van der Waals surface area contributed by atoms with Crippen LogP contribution >= 0.6 is 0 Å². The Morgan fingerprint density at radius 3 is 2.74 bits per heavy atom. The first-order valence-electron chi connectivity index (χ1n) is 6.16. The summed E-state index contributed by atoms with van der Waals surface area (Å²) in [5.74, 6) is 1.45. The van der Waals surface area contributed by atoms with Crippen molar-refractivity contribution in [3.63, 3.8) is 0 Å². The van der Waals surface area contributed by atoms with Crippen LogP contribution in [-0.4, -0.2) is 9.97 Å². The maximum atomic E-state index is 8.72. The largest absolute Gasteiger partial charge is 0.325 e. The van der Waals surface area contributed by atoms with E-state index in [9.17, 15) is 0 Å². The Balaban J connectivity index is 0.00000147. The number of anilines is 2. The number of hydrogen-bond acceptors (Lipinski definition) is 4. The van der Waals surface area contributed by atoms with Crippen LogP contribution in [0, 0.1) is 11.3 Å². The molecule has 0 amide bonds. The van der Waals surface area contributed by atoms with Crippen LogP contribution in [0.3, 0.4) is 0 Å². The highest BCUT2D eigenvalue weighted by molar-refractivity contribution is 5.53. The van der Waals surface area contributed by atoms with Crippen molar-refractivity contribution < 1.29 is 1.43 Å². The van der Waals surface area contributed by atoms with E-state index in [0.29, 0.717) is 11.4 Å². The van der Waals surface area contributed by atoms with Crippen LogP contribution in [0.1, 0.15) is 19.8 Å². The molecule has 0 aliphatic heterocycles. The van der Waals surface area contributed by atoms with E-state index < -0.39 is 0 Å². The fraction of sp³-hybridized carbons (Fsp3) is 0.133. The average molecular weight is 250 g/mol. The van der Waals surface area contributed by atoms with Gasteiger partial charge < -0.3 is 5.32 Å². The lowest BCUT2D eigenvalue weighted by Crippen LogP contribution is -2.30. The van der Waals surface area contributed by atoms with Crippen LogP contribution in [0.5, 0.6) is 0 Å². The van der Waals surface area contributed by atoms with Gasteiger partial charge in [0.25, 0.3) is 0 Å². The monoisotopic (exact) mass is 250 g/mol. The van der Waals surface area contributed by atoms with Crippen molar-refractivity contribution >= 4 is 23.8 Å². The maximum absolute atomic E-state index is 8.72. The maximum Gasteiger partial charge on any atom is 0.132 e. The summed E-state index contributed by atoms with van der Waals surface area (Å²) in [5, 5.41) is 14.1. The number of pyridine rings is 2. The molecule has 19 heavy (non-hydrogen) atoms. The molecule has 0 spiro atoms. The molecular formula is C15H14N4. The van der Waals surface area contributed by atoms with Gasteiger partial charge in [-0.15, -0.1) is 0 Å². The van der Waals surface area contributed by atoms with Gasteiger partial charge in [0.1, 0.15) is 17.7 Å². The number of nitrogens with one attached hydrogen (secondary N) is 1. The summed E-state index contributed by atoms with van der Waals surface area (Å²) < 4.78 is 0. The van der Waals surface area contributed by atoms with Crippen LogP contribution < -0.4 is 15.9 Å². The van der Waals surface area contributed by atoms with Gasteiger partial charge in [-0.05, 0) is 42.3 Å². The zero-order valence-corrected chi connectivity index (χ0v) is 10.3. The molecule has 0 bridgehead atoms. The van der Waals surface area contributed by atoms with E-state index in [1.165, 1.54) is 5.22 Å². The molecule has 2 aromatic rings. The molecule has 0 aromatic carbocycles. The van der Waals surface area contributed by atoms with Gasteiger partial charge in [0, 0.05) is 7.62 Å². The topological polar surface area (TPSA) is 61.6 Å². The molecule has 1 N–H and O–H groups in total. The quantitative estimate of drug-likeness (QED) is 0.881. The Morgan fingerprint density at radius 1 is 1.11 bits per heavy atom. The zero-order valence-electron chi connectivity index (χ0n) is 10.3. The van der Waals surface area contributed by atoms with Crippen LogP contribution in [0.2, 0.25) is 0 Å². The SMILES string of the molecule is N#Cc1ccc(Nc2ccc3c(n2)=CCCC=3)nc1.[HH]. The molecule has 94 valence electrons. The van der Waals surface area contributed by atoms with E-state index in [2.05, 4.69) is 33.5 Å². The first-order valence-corrected chi connectivity index (χ1v) is 6.16. The van der Waals surface area contributed by atoms with Gasteiger partial charge in [0.05, 0.1) is 10.9 Å². The summed E-state index contributed by atoms with van der Waals surface area (Å²) in [6, 6.07) is 9.55. The molecule has 0 unspecified atom stereocenters. The van der Waals surface area contributed by atoms with Crippen molar-refractivity contribution in [2.75, 3.05) is 5.32 Å². The van der Waals surface area contributed by atoms with E-state index in [-0.39, 0.29) is 1.43 Å². The Kier molecular flexibility index (Phi) is 2.95. The highest BCUT2D eigenvalue weighted by Crippen LogP contribution is 2.10. The second-order valence-corrected chi connectivity index (χ2v) is 4.33. The fourth-order valence-corrected chi connectivity index (χ4v) is 2.02. The molecule has 2 heterocycles. The average Bonchev–Trinajstić information content (AvgIpc) is 2.48. The molecule has 2 aromatic heterocycles. The van der Waals surface area contributed by atoms with Crippen LogP contribution in [-0.2, 0) is 0 Å². The van der Waals surface area contributed by atoms with Gasteiger partial charge in [-0.3, -0.25) is 0 Å². The number of aromatic nitrogens is 2. The van der Waals surface area contributed by atoms with Gasteiger partial charge in [0.15, 0.2) is 0 Å². The molecule has 3 rings (SSSR count). The third-order valence-electron chi connectivity index (χ3n) is 2.97. The number of fused-ring (bicyclic) bond motifs is 1. The van der Waals surface area contributed by atoms with Crippen molar-refractivity contribution in [1.82, 2.24) is 9.97 Å². The molecule has 0 saturated carbocycles. The lowest BCUT2D eigenvalue weighted by molar-refractivity contribution is 1.08. The molecule has 0 fully saturated rings. The third kappa shape index (κ3) is 2.45. The number of nitriles is 1. The second-order valence-electron chi connectivity index (χ2n) is 4.33. The number of nitrogens with zero attached hydrogens (tertiary/aromatic N) is 3. The number of hydrogen-bond donors (Lipinski definition) is 1. The Labute approximate surface area is 112 Å². The minimum absolute atomic E-state index is 0. The van der Waals surface area contributed by atoms with E-state index in [1.807, 2.05) is 12.1 Å². The lowest BCUT2D eigenvalue weighted by Gasteiger charge is -2.06. The third-order valence-corrected chi connectivity index (χ3v) is 2.97. The van der Waals surface area contributed by atoms with E-state index in [4.69, 9.17) is 5.26 Å². The standard InChI is InChI=1S/C15H12N4.H2/c16-9-11-5-7-14(17-10-11)19-15-8-6-12-3-1-2-4-13(12)18-15;/h3-8,10H,1-2H2,(H,17,18,19);1H. The smallest absolute Gasteiger partial charge is 0.132 e. The van der Waals surface area contributed by atoms with Crippen molar-refractivity contribution in [2.24, 2.45) is 0 Å². The molecular weight excluding hydrogens is 236 g/mol. The Morgan fingerprint density at radius 2 is 1.95 bits per heavy atom. The summed E-state index contributed by atoms with van der Waals surface area (Å²) in [6.07, 6.45) is 8.01. The van der Waals surface area contributed by atoms with E-state index >= 15 is 0 Å². The van der Waals surface area contributed by atoms with Gasteiger partial charge in [-0.25, -0.2) is 9.97 Å². The highest BCUT2D eigenvalue weighted by Gasteiger charge is 2.00. The van der Waals surface area contributed by atoms with E-state index in [0.717, 1.165) is 24.0 Å². The predicted octanol–water partition coefficient (Wildman–Crippen LogP) is 1.69. The van der Waals surface area contributed by atoms with Gasteiger partial charge >= 0.3 is 0 Å². The summed E-state index contributed by atoms with van der Waals surface area (Å²) in [7, 11) is 0. The molecule has 0 radical (unpaired) electrons. The molecule has 4 heteroatoms. The Hall–Kier alpha value is -2.67. The molecule has 1 aliphatic rings. The molecule has 0 atom stereocenters. The Bertz CT molecular complexity index is 760. The first-order chi connectivity index (χ1) is 9.35. The predicted molar refractivity (Wildman–Crippen MR) is 76.0 cm³/mol. The number of rotatable bonds is 2. The highest BCUT2D eigenvalue weighted by atomic mass is 15.0.